The average Bonchev–Trinajstić information content (AvgIpc) is 3.02. The Labute approximate surface area is 92.2 Å². The zero-order valence-electron chi connectivity index (χ0n) is 9.67. The van der Waals surface area contributed by atoms with Crippen LogP contribution in [0.4, 0.5) is 0 Å². The highest BCUT2D eigenvalue weighted by Gasteiger charge is 2.22. The Morgan fingerprint density at radius 1 is 1.33 bits per heavy atom. The lowest BCUT2D eigenvalue weighted by Crippen LogP contribution is -2.37. The minimum atomic E-state index is 0.358. The molecule has 1 aliphatic heterocycles. The van der Waals surface area contributed by atoms with E-state index in [1.54, 1.807) is 0 Å². The third-order valence-corrected chi connectivity index (χ3v) is 3.49. The third kappa shape index (κ3) is 3.49. The summed E-state index contributed by atoms with van der Waals surface area (Å²) in [7, 11) is 0. The highest BCUT2D eigenvalue weighted by molar-refractivity contribution is 5.76. The van der Waals surface area contributed by atoms with Gasteiger partial charge in [0.1, 0.15) is 0 Å². The van der Waals surface area contributed by atoms with Crippen LogP contribution in [0.1, 0.15) is 39.0 Å². The number of carbonyl (C=O) groups excluding carboxylic acids is 1. The molecule has 15 heavy (non-hydrogen) atoms. The van der Waals surface area contributed by atoms with E-state index in [1.165, 1.54) is 19.3 Å². The van der Waals surface area contributed by atoms with Crippen molar-refractivity contribution in [1.82, 2.24) is 10.2 Å². The molecule has 1 unspecified atom stereocenters. The molecule has 0 radical (unpaired) electrons. The molecule has 1 saturated carbocycles. The van der Waals surface area contributed by atoms with Gasteiger partial charge in [-0.15, -0.1) is 0 Å². The van der Waals surface area contributed by atoms with Crippen LogP contribution in [-0.4, -0.2) is 36.5 Å². The summed E-state index contributed by atoms with van der Waals surface area (Å²) in [5.41, 5.74) is 0. The van der Waals surface area contributed by atoms with Crippen molar-refractivity contribution >= 4 is 5.91 Å². The molecule has 1 aliphatic carbocycles. The number of likely N-dealkylation sites (tertiary alicyclic amines) is 1. The summed E-state index contributed by atoms with van der Waals surface area (Å²) >= 11 is 0. The van der Waals surface area contributed by atoms with E-state index in [2.05, 4.69) is 12.2 Å². The van der Waals surface area contributed by atoms with Gasteiger partial charge >= 0.3 is 0 Å². The summed E-state index contributed by atoms with van der Waals surface area (Å²) in [6, 6.07) is 0.756. The lowest BCUT2D eigenvalue weighted by molar-refractivity contribution is -0.130. The number of amides is 1. The van der Waals surface area contributed by atoms with Gasteiger partial charge < -0.3 is 10.2 Å². The van der Waals surface area contributed by atoms with Crippen LogP contribution in [0.2, 0.25) is 0 Å². The number of nitrogens with one attached hydrogen (secondary N) is 1. The summed E-state index contributed by atoms with van der Waals surface area (Å²) in [4.78, 5) is 13.8. The van der Waals surface area contributed by atoms with Gasteiger partial charge in [0.15, 0.2) is 0 Å². The van der Waals surface area contributed by atoms with Gasteiger partial charge in [-0.25, -0.2) is 0 Å². The molecule has 1 saturated heterocycles. The first-order valence-corrected chi connectivity index (χ1v) is 6.27. The third-order valence-electron chi connectivity index (χ3n) is 3.49. The van der Waals surface area contributed by atoms with Crippen molar-refractivity contribution in [1.29, 1.82) is 0 Å². The van der Waals surface area contributed by atoms with Gasteiger partial charge in [0.05, 0.1) is 0 Å². The fourth-order valence-corrected chi connectivity index (χ4v) is 2.10. The van der Waals surface area contributed by atoms with Crippen LogP contribution in [0, 0.1) is 5.92 Å². The van der Waals surface area contributed by atoms with E-state index in [-0.39, 0.29) is 0 Å². The molecule has 1 amide bonds. The molecule has 0 aromatic rings. The van der Waals surface area contributed by atoms with Crippen molar-refractivity contribution in [2.45, 2.75) is 45.1 Å². The molecule has 1 N–H and O–H groups in total. The molecule has 3 heteroatoms. The van der Waals surface area contributed by atoms with Crippen LogP contribution in [0.25, 0.3) is 0 Å². The Morgan fingerprint density at radius 3 is 2.87 bits per heavy atom. The standard InChI is InChI=1S/C12H22N2O/c1-10-2-5-12(15)14(8-6-10)9-7-13-11-3-4-11/h10-11,13H,2-9H2,1H3. The quantitative estimate of drug-likeness (QED) is 0.760. The van der Waals surface area contributed by atoms with Crippen molar-refractivity contribution in [3.63, 3.8) is 0 Å². The number of hydrogen-bond donors (Lipinski definition) is 1. The highest BCUT2D eigenvalue weighted by atomic mass is 16.2. The molecule has 0 bridgehead atoms. The minimum Gasteiger partial charge on any atom is -0.341 e. The summed E-state index contributed by atoms with van der Waals surface area (Å²) in [6.07, 6.45) is 5.65. The second-order valence-electron chi connectivity index (χ2n) is 5.04. The summed E-state index contributed by atoms with van der Waals surface area (Å²) in [5, 5.41) is 3.46. The first-order valence-electron chi connectivity index (χ1n) is 6.27. The Kier molecular flexibility index (Phi) is 3.62. The maximum Gasteiger partial charge on any atom is 0.222 e. The smallest absolute Gasteiger partial charge is 0.222 e. The minimum absolute atomic E-state index is 0.358. The van der Waals surface area contributed by atoms with Crippen LogP contribution in [-0.2, 0) is 4.79 Å². The number of hydrogen-bond acceptors (Lipinski definition) is 2. The Balaban J connectivity index is 1.70. The van der Waals surface area contributed by atoms with Crippen molar-refractivity contribution in [2.75, 3.05) is 19.6 Å². The molecular weight excluding hydrogens is 188 g/mol. The molecule has 0 aromatic carbocycles. The van der Waals surface area contributed by atoms with Gasteiger partial charge in [0.2, 0.25) is 5.91 Å². The summed E-state index contributed by atoms with van der Waals surface area (Å²) in [6.45, 7) is 5.10. The molecular formula is C12H22N2O. The van der Waals surface area contributed by atoms with Gasteiger partial charge in [-0.05, 0) is 31.6 Å². The van der Waals surface area contributed by atoms with E-state index >= 15 is 0 Å². The molecule has 2 rings (SSSR count). The van der Waals surface area contributed by atoms with Gasteiger partial charge in [0, 0.05) is 32.1 Å². The molecule has 2 fully saturated rings. The van der Waals surface area contributed by atoms with Gasteiger partial charge in [-0.2, -0.15) is 0 Å². The second kappa shape index (κ2) is 4.97. The topological polar surface area (TPSA) is 32.3 Å². The lowest BCUT2D eigenvalue weighted by atomic mass is 10.0. The van der Waals surface area contributed by atoms with E-state index < -0.39 is 0 Å². The van der Waals surface area contributed by atoms with E-state index in [0.29, 0.717) is 5.91 Å². The largest absolute Gasteiger partial charge is 0.341 e. The maximum absolute atomic E-state index is 11.7. The first-order chi connectivity index (χ1) is 7.25. The molecule has 0 spiro atoms. The van der Waals surface area contributed by atoms with E-state index in [1.807, 2.05) is 4.90 Å². The Hall–Kier alpha value is -0.570. The number of rotatable bonds is 4. The van der Waals surface area contributed by atoms with Crippen LogP contribution in [0.3, 0.4) is 0 Å². The lowest BCUT2D eigenvalue weighted by Gasteiger charge is -2.20. The molecule has 2 aliphatic rings. The van der Waals surface area contributed by atoms with Gasteiger partial charge in [-0.3, -0.25) is 4.79 Å². The first kappa shape index (κ1) is 10.9. The van der Waals surface area contributed by atoms with Crippen LogP contribution in [0.5, 0.6) is 0 Å². The summed E-state index contributed by atoms with van der Waals surface area (Å²) < 4.78 is 0. The predicted molar refractivity (Wildman–Crippen MR) is 60.6 cm³/mol. The van der Waals surface area contributed by atoms with Crippen LogP contribution >= 0.6 is 0 Å². The monoisotopic (exact) mass is 210 g/mol. The van der Waals surface area contributed by atoms with E-state index in [4.69, 9.17) is 0 Å². The normalized spacial score (nSPS) is 27.9. The highest BCUT2D eigenvalue weighted by Crippen LogP contribution is 2.19. The van der Waals surface area contributed by atoms with Crippen molar-refractivity contribution in [2.24, 2.45) is 5.92 Å². The molecule has 3 nitrogen and oxygen atoms in total. The number of nitrogens with zero attached hydrogens (tertiary/aromatic N) is 1. The van der Waals surface area contributed by atoms with Crippen LogP contribution < -0.4 is 5.32 Å². The summed E-state index contributed by atoms with van der Waals surface area (Å²) in [5.74, 6) is 1.08. The van der Waals surface area contributed by atoms with Crippen molar-refractivity contribution < 1.29 is 4.79 Å². The fourth-order valence-electron chi connectivity index (χ4n) is 2.10. The fraction of sp³-hybridized carbons (Fsp3) is 0.917. The van der Waals surface area contributed by atoms with Crippen molar-refractivity contribution in [3.8, 4) is 0 Å². The maximum atomic E-state index is 11.7. The number of carbonyl (C=O) groups is 1. The van der Waals surface area contributed by atoms with Gasteiger partial charge in [-0.1, -0.05) is 6.92 Å². The SMILES string of the molecule is CC1CCC(=O)N(CCNC2CC2)CC1. The molecule has 0 aromatic heterocycles. The van der Waals surface area contributed by atoms with Crippen molar-refractivity contribution in [3.05, 3.63) is 0 Å². The Bertz CT molecular complexity index is 226. The second-order valence-corrected chi connectivity index (χ2v) is 5.04. The Morgan fingerprint density at radius 2 is 2.13 bits per heavy atom. The molecule has 1 atom stereocenters. The molecule has 86 valence electrons. The van der Waals surface area contributed by atoms with Crippen LogP contribution in [0.15, 0.2) is 0 Å². The van der Waals surface area contributed by atoms with E-state index in [0.717, 1.165) is 44.4 Å². The zero-order valence-corrected chi connectivity index (χ0v) is 9.67. The van der Waals surface area contributed by atoms with E-state index in [9.17, 15) is 4.79 Å². The average molecular weight is 210 g/mol. The van der Waals surface area contributed by atoms with Gasteiger partial charge in [0.25, 0.3) is 0 Å². The molecule has 1 heterocycles. The zero-order chi connectivity index (χ0) is 10.7. The predicted octanol–water partition coefficient (Wildman–Crippen LogP) is 1.39.